The van der Waals surface area contributed by atoms with Crippen LogP contribution >= 0.6 is 0 Å². The first-order chi connectivity index (χ1) is 8.45. The first-order valence-corrected chi connectivity index (χ1v) is 7.22. The topological polar surface area (TPSA) is 58.4 Å². The van der Waals surface area contributed by atoms with Crippen LogP contribution in [0.2, 0.25) is 0 Å². The number of hydrogen-bond acceptors (Lipinski definition) is 3. The number of amides is 1. The highest BCUT2D eigenvalue weighted by atomic mass is 16.1. The number of piperidine rings is 1. The van der Waals surface area contributed by atoms with Gasteiger partial charge in [0.2, 0.25) is 5.91 Å². The third-order valence-corrected chi connectivity index (χ3v) is 4.22. The van der Waals surface area contributed by atoms with Crippen LogP contribution in [0.25, 0.3) is 0 Å². The van der Waals surface area contributed by atoms with E-state index in [1.54, 1.807) is 0 Å². The van der Waals surface area contributed by atoms with Crippen LogP contribution < -0.4 is 11.1 Å². The third kappa shape index (κ3) is 4.25. The van der Waals surface area contributed by atoms with Gasteiger partial charge in [-0.1, -0.05) is 20.8 Å². The Morgan fingerprint density at radius 3 is 2.67 bits per heavy atom. The maximum absolute atomic E-state index is 11.3. The van der Waals surface area contributed by atoms with Gasteiger partial charge in [-0.05, 0) is 38.1 Å². The fourth-order valence-corrected chi connectivity index (χ4v) is 3.01. The lowest BCUT2D eigenvalue weighted by molar-refractivity contribution is -0.120. The average molecular weight is 255 g/mol. The second-order valence-corrected chi connectivity index (χ2v) is 5.86. The lowest BCUT2D eigenvalue weighted by atomic mass is 9.86. The van der Waals surface area contributed by atoms with E-state index in [1.807, 2.05) is 6.92 Å². The van der Waals surface area contributed by atoms with E-state index < -0.39 is 0 Å². The SMILES string of the molecule is CCNC(CCN1CC(C)CC(C)C1C)C(N)=O. The molecule has 1 amide bonds. The van der Waals surface area contributed by atoms with E-state index in [2.05, 4.69) is 31.0 Å². The van der Waals surface area contributed by atoms with Gasteiger partial charge in [0.05, 0.1) is 6.04 Å². The Morgan fingerprint density at radius 1 is 1.44 bits per heavy atom. The number of likely N-dealkylation sites (N-methyl/N-ethyl adjacent to an activating group) is 1. The van der Waals surface area contributed by atoms with Crippen LogP contribution in [0.1, 0.15) is 40.5 Å². The second kappa shape index (κ2) is 7.10. The molecular formula is C14H29N3O. The van der Waals surface area contributed by atoms with Gasteiger partial charge in [-0.3, -0.25) is 4.79 Å². The normalized spacial score (nSPS) is 31.2. The minimum absolute atomic E-state index is 0.185. The van der Waals surface area contributed by atoms with Crippen LogP contribution in [0.15, 0.2) is 0 Å². The molecule has 1 rings (SSSR count). The number of carbonyl (C=O) groups excluding carboxylic acids is 1. The number of carbonyl (C=O) groups is 1. The van der Waals surface area contributed by atoms with Gasteiger partial charge in [0.25, 0.3) is 0 Å². The van der Waals surface area contributed by atoms with Gasteiger partial charge in [-0.25, -0.2) is 0 Å². The number of likely N-dealkylation sites (tertiary alicyclic amines) is 1. The summed E-state index contributed by atoms with van der Waals surface area (Å²) in [6.07, 6.45) is 2.12. The minimum Gasteiger partial charge on any atom is -0.368 e. The second-order valence-electron chi connectivity index (χ2n) is 5.86. The standard InChI is InChI=1S/C14H29N3O/c1-5-16-13(14(15)18)6-7-17-9-10(2)8-11(3)12(17)4/h10-13,16H,5-9H2,1-4H3,(H2,15,18). The van der Waals surface area contributed by atoms with Gasteiger partial charge >= 0.3 is 0 Å². The predicted octanol–water partition coefficient (Wildman–Crippen LogP) is 1.21. The third-order valence-electron chi connectivity index (χ3n) is 4.22. The fraction of sp³-hybridized carbons (Fsp3) is 0.929. The van der Waals surface area contributed by atoms with Crippen molar-refractivity contribution in [3.63, 3.8) is 0 Å². The molecule has 1 aliphatic rings. The zero-order chi connectivity index (χ0) is 13.7. The zero-order valence-electron chi connectivity index (χ0n) is 12.3. The Balaban J connectivity index is 2.47. The Labute approximate surface area is 111 Å². The maximum atomic E-state index is 11.3. The zero-order valence-corrected chi connectivity index (χ0v) is 12.3. The van der Waals surface area contributed by atoms with Crippen LogP contribution in [-0.4, -0.2) is 42.5 Å². The van der Waals surface area contributed by atoms with Gasteiger partial charge in [0.15, 0.2) is 0 Å². The van der Waals surface area contributed by atoms with Crippen molar-refractivity contribution in [3.05, 3.63) is 0 Å². The molecule has 0 aliphatic carbocycles. The molecule has 1 saturated heterocycles. The van der Waals surface area contributed by atoms with Crippen molar-refractivity contribution in [1.82, 2.24) is 10.2 Å². The first-order valence-electron chi connectivity index (χ1n) is 7.22. The monoisotopic (exact) mass is 255 g/mol. The molecule has 0 aromatic rings. The summed E-state index contributed by atoms with van der Waals surface area (Å²) in [5, 5.41) is 3.16. The number of rotatable bonds is 6. The molecule has 4 heteroatoms. The van der Waals surface area contributed by atoms with Crippen LogP contribution in [0.4, 0.5) is 0 Å². The van der Waals surface area contributed by atoms with Crippen molar-refractivity contribution in [2.24, 2.45) is 17.6 Å². The molecule has 1 aliphatic heterocycles. The molecule has 18 heavy (non-hydrogen) atoms. The molecule has 0 aromatic carbocycles. The van der Waals surface area contributed by atoms with Crippen LogP contribution in [0.3, 0.4) is 0 Å². The molecule has 0 bridgehead atoms. The van der Waals surface area contributed by atoms with Gasteiger partial charge in [0.1, 0.15) is 0 Å². The molecule has 4 nitrogen and oxygen atoms in total. The lowest BCUT2D eigenvalue weighted by Gasteiger charge is -2.41. The Bertz CT molecular complexity index is 270. The lowest BCUT2D eigenvalue weighted by Crippen LogP contribution is -2.49. The molecule has 4 unspecified atom stereocenters. The van der Waals surface area contributed by atoms with E-state index in [4.69, 9.17) is 5.73 Å². The molecule has 0 aromatic heterocycles. The average Bonchev–Trinajstić information content (AvgIpc) is 2.29. The van der Waals surface area contributed by atoms with Crippen molar-refractivity contribution < 1.29 is 4.79 Å². The summed E-state index contributed by atoms with van der Waals surface area (Å²) < 4.78 is 0. The van der Waals surface area contributed by atoms with Crippen LogP contribution in [0.5, 0.6) is 0 Å². The molecule has 1 fully saturated rings. The first kappa shape index (κ1) is 15.4. The van der Waals surface area contributed by atoms with E-state index in [-0.39, 0.29) is 11.9 Å². The maximum Gasteiger partial charge on any atom is 0.234 e. The van der Waals surface area contributed by atoms with Crippen molar-refractivity contribution >= 4 is 5.91 Å². The molecule has 106 valence electrons. The summed E-state index contributed by atoms with van der Waals surface area (Å²) in [4.78, 5) is 13.8. The molecule has 4 atom stereocenters. The number of nitrogens with zero attached hydrogens (tertiary/aromatic N) is 1. The largest absolute Gasteiger partial charge is 0.368 e. The summed E-state index contributed by atoms with van der Waals surface area (Å²) in [5.74, 6) is 1.25. The number of nitrogens with two attached hydrogens (primary N) is 1. The summed E-state index contributed by atoms with van der Waals surface area (Å²) in [6, 6.07) is 0.422. The highest BCUT2D eigenvalue weighted by molar-refractivity contribution is 5.79. The van der Waals surface area contributed by atoms with E-state index in [0.717, 1.165) is 37.9 Å². The number of primary amides is 1. The van der Waals surface area contributed by atoms with Gasteiger partial charge in [-0.2, -0.15) is 0 Å². The quantitative estimate of drug-likeness (QED) is 0.750. The summed E-state index contributed by atoms with van der Waals surface area (Å²) in [7, 11) is 0. The summed E-state index contributed by atoms with van der Waals surface area (Å²) >= 11 is 0. The molecular weight excluding hydrogens is 226 g/mol. The van der Waals surface area contributed by atoms with Crippen molar-refractivity contribution in [2.75, 3.05) is 19.6 Å². The van der Waals surface area contributed by atoms with Crippen molar-refractivity contribution in [1.29, 1.82) is 0 Å². The predicted molar refractivity (Wildman–Crippen MR) is 75.3 cm³/mol. The number of hydrogen-bond donors (Lipinski definition) is 2. The van der Waals surface area contributed by atoms with E-state index in [1.165, 1.54) is 6.42 Å². The minimum atomic E-state index is -0.234. The van der Waals surface area contributed by atoms with Gasteiger partial charge in [0, 0.05) is 19.1 Å². The Morgan fingerprint density at radius 2 is 2.11 bits per heavy atom. The van der Waals surface area contributed by atoms with Crippen molar-refractivity contribution in [3.8, 4) is 0 Å². The Hall–Kier alpha value is -0.610. The highest BCUT2D eigenvalue weighted by Gasteiger charge is 2.29. The van der Waals surface area contributed by atoms with E-state index in [0.29, 0.717) is 6.04 Å². The summed E-state index contributed by atoms with van der Waals surface area (Å²) in [6.45, 7) is 11.8. The smallest absolute Gasteiger partial charge is 0.234 e. The van der Waals surface area contributed by atoms with E-state index in [9.17, 15) is 4.79 Å². The fourth-order valence-electron chi connectivity index (χ4n) is 3.01. The van der Waals surface area contributed by atoms with E-state index >= 15 is 0 Å². The molecule has 0 radical (unpaired) electrons. The summed E-state index contributed by atoms with van der Waals surface area (Å²) in [5.41, 5.74) is 5.41. The number of nitrogens with one attached hydrogen (secondary N) is 1. The van der Waals surface area contributed by atoms with Crippen molar-refractivity contribution in [2.45, 2.75) is 52.6 Å². The molecule has 1 heterocycles. The van der Waals surface area contributed by atoms with Gasteiger partial charge in [-0.15, -0.1) is 0 Å². The Kier molecular flexibility index (Phi) is 6.09. The molecule has 0 saturated carbocycles. The highest BCUT2D eigenvalue weighted by Crippen LogP contribution is 2.26. The molecule has 0 spiro atoms. The van der Waals surface area contributed by atoms with Gasteiger partial charge < -0.3 is 16.0 Å². The molecule has 3 N–H and O–H groups in total. The van der Waals surface area contributed by atoms with Crippen LogP contribution in [-0.2, 0) is 4.79 Å². The van der Waals surface area contributed by atoms with Crippen LogP contribution in [0, 0.1) is 11.8 Å².